The molecule has 0 aliphatic carbocycles. The summed E-state index contributed by atoms with van der Waals surface area (Å²) in [5.74, 6) is 1.36. The SMILES string of the molecule is C[C](C)CN1Cc2cc(N)ccc2C1=O. The van der Waals surface area contributed by atoms with Crippen molar-refractivity contribution >= 4 is 11.6 Å². The lowest BCUT2D eigenvalue weighted by molar-refractivity contribution is 0.0785. The summed E-state index contributed by atoms with van der Waals surface area (Å²) in [6.07, 6.45) is 0. The van der Waals surface area contributed by atoms with E-state index in [9.17, 15) is 4.79 Å². The molecule has 0 saturated carbocycles. The second-order valence-electron chi connectivity index (χ2n) is 4.28. The van der Waals surface area contributed by atoms with Crippen LogP contribution in [-0.2, 0) is 6.54 Å². The van der Waals surface area contributed by atoms with E-state index in [4.69, 9.17) is 5.73 Å². The van der Waals surface area contributed by atoms with Crippen molar-refractivity contribution in [2.45, 2.75) is 20.4 Å². The van der Waals surface area contributed by atoms with Crippen LogP contribution in [0.2, 0.25) is 0 Å². The third-order valence-corrected chi connectivity index (χ3v) is 2.52. The van der Waals surface area contributed by atoms with Crippen LogP contribution < -0.4 is 5.73 Å². The van der Waals surface area contributed by atoms with Crippen LogP contribution in [-0.4, -0.2) is 17.4 Å². The van der Waals surface area contributed by atoms with E-state index in [2.05, 4.69) is 0 Å². The van der Waals surface area contributed by atoms with Crippen molar-refractivity contribution in [2.24, 2.45) is 0 Å². The zero-order valence-electron chi connectivity index (χ0n) is 9.08. The molecule has 0 atom stereocenters. The molecule has 1 aromatic carbocycles. The van der Waals surface area contributed by atoms with Crippen molar-refractivity contribution in [3.05, 3.63) is 35.2 Å². The summed E-state index contributed by atoms with van der Waals surface area (Å²) < 4.78 is 0. The molecule has 79 valence electrons. The highest BCUT2D eigenvalue weighted by Gasteiger charge is 2.27. The average Bonchev–Trinajstić information content (AvgIpc) is 2.42. The highest BCUT2D eigenvalue weighted by molar-refractivity contribution is 5.98. The Morgan fingerprint density at radius 2 is 2.20 bits per heavy atom. The normalized spacial score (nSPS) is 14.9. The van der Waals surface area contributed by atoms with Crippen LogP contribution in [0.15, 0.2) is 18.2 Å². The zero-order chi connectivity index (χ0) is 11.0. The fraction of sp³-hybridized carbons (Fsp3) is 0.333. The highest BCUT2D eigenvalue weighted by Crippen LogP contribution is 2.25. The summed E-state index contributed by atoms with van der Waals surface area (Å²) in [5, 5.41) is 0. The molecule has 2 rings (SSSR count). The Hall–Kier alpha value is -1.51. The molecule has 3 heteroatoms. The monoisotopic (exact) mass is 203 g/mol. The fourth-order valence-electron chi connectivity index (χ4n) is 1.91. The summed E-state index contributed by atoms with van der Waals surface area (Å²) in [4.78, 5) is 13.8. The first kappa shape index (κ1) is 10.0. The van der Waals surface area contributed by atoms with Crippen LogP contribution in [0.25, 0.3) is 0 Å². The van der Waals surface area contributed by atoms with E-state index in [1.807, 2.05) is 30.9 Å². The van der Waals surface area contributed by atoms with Gasteiger partial charge in [0, 0.05) is 24.3 Å². The van der Waals surface area contributed by atoms with Crippen molar-refractivity contribution in [1.29, 1.82) is 0 Å². The van der Waals surface area contributed by atoms with Crippen LogP contribution in [0.5, 0.6) is 0 Å². The molecule has 1 radical (unpaired) electrons. The van der Waals surface area contributed by atoms with Crippen LogP contribution in [0.4, 0.5) is 5.69 Å². The lowest BCUT2D eigenvalue weighted by atomic mass is 10.1. The topological polar surface area (TPSA) is 46.3 Å². The van der Waals surface area contributed by atoms with Crippen molar-refractivity contribution < 1.29 is 4.79 Å². The van der Waals surface area contributed by atoms with Gasteiger partial charge in [-0.2, -0.15) is 0 Å². The van der Waals surface area contributed by atoms with Crippen LogP contribution in [0, 0.1) is 5.92 Å². The molecular weight excluding hydrogens is 188 g/mol. The molecule has 1 amide bonds. The number of benzene rings is 1. The van der Waals surface area contributed by atoms with Gasteiger partial charge in [-0.15, -0.1) is 0 Å². The zero-order valence-corrected chi connectivity index (χ0v) is 9.08. The molecule has 15 heavy (non-hydrogen) atoms. The van der Waals surface area contributed by atoms with Gasteiger partial charge in [0.05, 0.1) is 0 Å². The minimum absolute atomic E-state index is 0.117. The Morgan fingerprint density at radius 3 is 2.87 bits per heavy atom. The maximum absolute atomic E-state index is 11.9. The first-order chi connectivity index (χ1) is 7.08. The number of rotatable bonds is 2. The summed E-state index contributed by atoms with van der Waals surface area (Å²) in [6, 6.07) is 5.49. The highest BCUT2D eigenvalue weighted by atomic mass is 16.2. The van der Waals surface area contributed by atoms with Crippen molar-refractivity contribution in [3.8, 4) is 0 Å². The minimum atomic E-state index is 0.117. The standard InChI is InChI=1S/C12H15N2O/c1-8(2)6-14-7-9-5-10(13)3-4-11(9)12(14)15/h3-5H,6-7,13H2,1-2H3. The number of amides is 1. The van der Waals surface area contributed by atoms with E-state index in [0.29, 0.717) is 6.54 Å². The van der Waals surface area contributed by atoms with Gasteiger partial charge in [-0.25, -0.2) is 0 Å². The average molecular weight is 203 g/mol. The van der Waals surface area contributed by atoms with Gasteiger partial charge >= 0.3 is 0 Å². The van der Waals surface area contributed by atoms with Gasteiger partial charge < -0.3 is 10.6 Å². The predicted octanol–water partition coefficient (Wildman–Crippen LogP) is 1.84. The lowest BCUT2D eigenvalue weighted by Crippen LogP contribution is -2.27. The smallest absolute Gasteiger partial charge is 0.254 e. The Balaban J connectivity index is 2.25. The lowest BCUT2D eigenvalue weighted by Gasteiger charge is -2.17. The van der Waals surface area contributed by atoms with E-state index in [1.165, 1.54) is 5.92 Å². The number of hydrogen-bond acceptors (Lipinski definition) is 2. The van der Waals surface area contributed by atoms with Crippen LogP contribution in [0.3, 0.4) is 0 Å². The number of hydrogen-bond donors (Lipinski definition) is 1. The number of anilines is 1. The molecule has 2 N–H and O–H groups in total. The second-order valence-corrected chi connectivity index (χ2v) is 4.28. The second kappa shape index (κ2) is 3.57. The number of nitrogen functional groups attached to an aromatic ring is 1. The number of fused-ring (bicyclic) bond motifs is 1. The largest absolute Gasteiger partial charge is 0.399 e. The molecular formula is C12H15N2O. The predicted molar refractivity (Wildman–Crippen MR) is 60.2 cm³/mol. The van der Waals surface area contributed by atoms with Crippen LogP contribution in [0.1, 0.15) is 29.8 Å². The molecule has 0 bridgehead atoms. The van der Waals surface area contributed by atoms with Crippen molar-refractivity contribution in [1.82, 2.24) is 4.90 Å². The molecule has 1 aliphatic heterocycles. The van der Waals surface area contributed by atoms with E-state index < -0.39 is 0 Å². The summed E-state index contributed by atoms with van der Waals surface area (Å²) in [7, 11) is 0. The molecule has 0 fully saturated rings. The minimum Gasteiger partial charge on any atom is -0.399 e. The van der Waals surface area contributed by atoms with E-state index in [-0.39, 0.29) is 5.91 Å². The first-order valence-electron chi connectivity index (χ1n) is 5.04. The van der Waals surface area contributed by atoms with Gasteiger partial charge in [-0.3, -0.25) is 4.79 Å². The van der Waals surface area contributed by atoms with Gasteiger partial charge in [0.25, 0.3) is 5.91 Å². The van der Waals surface area contributed by atoms with E-state index in [0.717, 1.165) is 23.4 Å². The molecule has 0 spiro atoms. The van der Waals surface area contributed by atoms with Crippen molar-refractivity contribution in [3.63, 3.8) is 0 Å². The quantitative estimate of drug-likeness (QED) is 0.745. The summed E-state index contributed by atoms with van der Waals surface area (Å²) in [5.41, 5.74) is 8.25. The molecule has 0 aromatic heterocycles. The van der Waals surface area contributed by atoms with Gasteiger partial charge in [-0.05, 0) is 29.7 Å². The first-order valence-corrected chi connectivity index (χ1v) is 5.04. The van der Waals surface area contributed by atoms with Crippen LogP contribution >= 0.6 is 0 Å². The molecule has 0 unspecified atom stereocenters. The molecule has 1 aliphatic rings. The van der Waals surface area contributed by atoms with E-state index >= 15 is 0 Å². The van der Waals surface area contributed by atoms with Crippen molar-refractivity contribution in [2.75, 3.05) is 12.3 Å². The maximum atomic E-state index is 11.9. The van der Waals surface area contributed by atoms with Gasteiger partial charge in [0.15, 0.2) is 0 Å². The number of nitrogens with zero attached hydrogens (tertiary/aromatic N) is 1. The van der Waals surface area contributed by atoms with Gasteiger partial charge in [-0.1, -0.05) is 13.8 Å². The third kappa shape index (κ3) is 1.82. The Labute approximate surface area is 89.9 Å². The summed E-state index contributed by atoms with van der Waals surface area (Å²) in [6.45, 7) is 5.48. The number of carbonyl (C=O) groups is 1. The summed E-state index contributed by atoms with van der Waals surface area (Å²) >= 11 is 0. The molecule has 0 saturated heterocycles. The third-order valence-electron chi connectivity index (χ3n) is 2.52. The Morgan fingerprint density at radius 1 is 1.47 bits per heavy atom. The maximum Gasteiger partial charge on any atom is 0.254 e. The molecule has 3 nitrogen and oxygen atoms in total. The fourth-order valence-corrected chi connectivity index (χ4v) is 1.91. The number of nitrogens with two attached hydrogens (primary N) is 1. The van der Waals surface area contributed by atoms with Gasteiger partial charge in [0.1, 0.15) is 0 Å². The Bertz CT molecular complexity index is 399. The van der Waals surface area contributed by atoms with Gasteiger partial charge in [0.2, 0.25) is 0 Å². The molecule has 1 heterocycles. The van der Waals surface area contributed by atoms with E-state index in [1.54, 1.807) is 6.07 Å². The number of carbonyl (C=O) groups excluding carboxylic acids is 1. The Kier molecular flexibility index (Phi) is 2.39. The molecule has 1 aromatic rings.